The highest BCUT2D eigenvalue weighted by atomic mass is 19.2. The Morgan fingerprint density at radius 3 is 2.63 bits per heavy atom. The van der Waals surface area contributed by atoms with Crippen molar-refractivity contribution in [2.24, 2.45) is 16.3 Å². The van der Waals surface area contributed by atoms with Gasteiger partial charge in [0.1, 0.15) is 5.41 Å². The second-order valence-electron chi connectivity index (χ2n) is 4.48. The van der Waals surface area contributed by atoms with Crippen molar-refractivity contribution in [2.45, 2.75) is 19.3 Å². The summed E-state index contributed by atoms with van der Waals surface area (Å²) in [5, 5.41) is 13.8. The van der Waals surface area contributed by atoms with E-state index in [9.17, 15) is 13.6 Å². The molecule has 0 aromatic heterocycles. The van der Waals surface area contributed by atoms with Crippen LogP contribution < -0.4 is 11.1 Å². The van der Waals surface area contributed by atoms with Gasteiger partial charge in [-0.2, -0.15) is 0 Å². The number of carbonyl (C=O) groups is 1. The second kappa shape index (κ2) is 4.83. The van der Waals surface area contributed by atoms with Crippen LogP contribution in [0.1, 0.15) is 19.3 Å². The summed E-state index contributed by atoms with van der Waals surface area (Å²) in [6.45, 7) is 0. The number of nitrogens with zero attached hydrogens (tertiary/aromatic N) is 1. The third kappa shape index (κ3) is 2.11. The average molecular weight is 269 g/mol. The molecule has 4 N–H and O–H groups in total. The first-order chi connectivity index (χ1) is 9.01. The highest BCUT2D eigenvalue weighted by Gasteiger charge is 2.48. The number of amides is 1. The number of benzene rings is 1. The van der Waals surface area contributed by atoms with Crippen molar-refractivity contribution in [3.05, 3.63) is 29.8 Å². The molecule has 1 amide bonds. The van der Waals surface area contributed by atoms with Crippen LogP contribution in [0.5, 0.6) is 0 Å². The second-order valence-corrected chi connectivity index (χ2v) is 4.48. The van der Waals surface area contributed by atoms with E-state index in [1.165, 1.54) is 12.1 Å². The summed E-state index contributed by atoms with van der Waals surface area (Å²) in [7, 11) is 0. The molecule has 0 saturated heterocycles. The van der Waals surface area contributed by atoms with Crippen LogP contribution in [0.4, 0.5) is 14.5 Å². The fourth-order valence-electron chi connectivity index (χ4n) is 2.07. The fraction of sp³-hybridized carbons (Fsp3) is 0.333. The van der Waals surface area contributed by atoms with E-state index < -0.39 is 23.0 Å². The van der Waals surface area contributed by atoms with Crippen LogP contribution in [-0.4, -0.2) is 17.0 Å². The van der Waals surface area contributed by atoms with Crippen LogP contribution in [0.3, 0.4) is 0 Å². The van der Waals surface area contributed by atoms with Gasteiger partial charge in [-0.3, -0.25) is 4.79 Å². The lowest BCUT2D eigenvalue weighted by Crippen LogP contribution is -2.51. The molecule has 19 heavy (non-hydrogen) atoms. The minimum absolute atomic E-state index is 0.215. The number of hydrogen-bond donors (Lipinski definition) is 3. The molecule has 0 heterocycles. The van der Waals surface area contributed by atoms with Gasteiger partial charge in [-0.15, -0.1) is 0 Å². The number of carbonyl (C=O) groups excluding carboxylic acids is 1. The topological polar surface area (TPSA) is 87.7 Å². The summed E-state index contributed by atoms with van der Waals surface area (Å²) in [6.07, 6.45) is 1.56. The minimum atomic E-state index is -1.13. The van der Waals surface area contributed by atoms with Gasteiger partial charge in [0.15, 0.2) is 17.5 Å². The summed E-state index contributed by atoms with van der Waals surface area (Å²) in [5.41, 5.74) is 4.11. The number of halogens is 2. The SMILES string of the molecule is N/C(=N/O)C1(C(=O)Nc2cccc(F)c2F)CCC1. The number of hydrogen-bond acceptors (Lipinski definition) is 3. The molecule has 1 aliphatic carbocycles. The van der Waals surface area contributed by atoms with E-state index in [0.29, 0.717) is 12.8 Å². The zero-order valence-corrected chi connectivity index (χ0v) is 9.99. The van der Waals surface area contributed by atoms with E-state index >= 15 is 0 Å². The molecule has 0 aliphatic heterocycles. The molecular weight excluding hydrogens is 256 g/mol. The Bertz CT molecular complexity index is 542. The monoisotopic (exact) mass is 269 g/mol. The number of amidine groups is 1. The van der Waals surface area contributed by atoms with Crippen LogP contribution in [0.15, 0.2) is 23.4 Å². The average Bonchev–Trinajstić information content (AvgIpc) is 2.33. The van der Waals surface area contributed by atoms with E-state index in [-0.39, 0.29) is 11.5 Å². The molecule has 1 aromatic carbocycles. The third-order valence-corrected chi connectivity index (χ3v) is 3.44. The maximum Gasteiger partial charge on any atom is 0.238 e. The highest BCUT2D eigenvalue weighted by molar-refractivity contribution is 6.12. The number of anilines is 1. The molecule has 0 bridgehead atoms. The fourth-order valence-corrected chi connectivity index (χ4v) is 2.07. The molecule has 0 unspecified atom stereocenters. The summed E-state index contributed by atoms with van der Waals surface area (Å²) in [4.78, 5) is 12.1. The van der Waals surface area contributed by atoms with E-state index in [1.54, 1.807) is 0 Å². The van der Waals surface area contributed by atoms with E-state index in [0.717, 1.165) is 12.5 Å². The van der Waals surface area contributed by atoms with Crippen molar-refractivity contribution in [3.63, 3.8) is 0 Å². The van der Waals surface area contributed by atoms with E-state index in [2.05, 4.69) is 10.5 Å². The predicted molar refractivity (Wildman–Crippen MR) is 64.7 cm³/mol. The molecular formula is C12H13F2N3O2. The molecule has 0 atom stereocenters. The molecule has 7 heteroatoms. The lowest BCUT2D eigenvalue weighted by Gasteiger charge is -2.38. The van der Waals surface area contributed by atoms with Crippen LogP contribution in [0.2, 0.25) is 0 Å². The summed E-state index contributed by atoms with van der Waals surface area (Å²) in [6, 6.07) is 3.48. The van der Waals surface area contributed by atoms with Crippen LogP contribution in [0, 0.1) is 17.0 Å². The smallest absolute Gasteiger partial charge is 0.238 e. The lowest BCUT2D eigenvalue weighted by molar-refractivity contribution is -0.125. The normalized spacial score (nSPS) is 17.7. The molecule has 1 aliphatic rings. The first-order valence-corrected chi connectivity index (χ1v) is 5.75. The Balaban J connectivity index is 2.24. The standard InChI is InChI=1S/C12H13F2N3O2/c13-7-3-1-4-8(9(7)14)16-11(18)12(5-2-6-12)10(15)17-19/h1,3-4,19H,2,5-6H2,(H2,15,17)(H,16,18). The maximum absolute atomic E-state index is 13.5. The summed E-state index contributed by atoms with van der Waals surface area (Å²) < 4.78 is 26.5. The van der Waals surface area contributed by atoms with Gasteiger partial charge in [-0.05, 0) is 25.0 Å². The van der Waals surface area contributed by atoms with Crippen molar-refractivity contribution in [1.82, 2.24) is 0 Å². The Hall–Kier alpha value is -2.18. The molecule has 0 radical (unpaired) electrons. The van der Waals surface area contributed by atoms with Gasteiger partial charge in [0, 0.05) is 0 Å². The Labute approximate surface area is 108 Å². The summed E-state index contributed by atoms with van der Waals surface area (Å²) >= 11 is 0. The lowest BCUT2D eigenvalue weighted by atomic mass is 9.67. The molecule has 0 spiro atoms. The largest absolute Gasteiger partial charge is 0.409 e. The van der Waals surface area contributed by atoms with Crippen LogP contribution >= 0.6 is 0 Å². The van der Waals surface area contributed by atoms with Gasteiger partial charge in [0.05, 0.1) is 5.69 Å². The molecule has 1 fully saturated rings. The van der Waals surface area contributed by atoms with Crippen LogP contribution in [-0.2, 0) is 4.79 Å². The number of nitrogens with one attached hydrogen (secondary N) is 1. The first-order valence-electron chi connectivity index (χ1n) is 5.75. The Morgan fingerprint density at radius 1 is 1.42 bits per heavy atom. The van der Waals surface area contributed by atoms with Gasteiger partial charge in [-0.1, -0.05) is 17.6 Å². The number of oxime groups is 1. The first kappa shape index (κ1) is 13.3. The van der Waals surface area contributed by atoms with Crippen LogP contribution in [0.25, 0.3) is 0 Å². The van der Waals surface area contributed by atoms with Gasteiger partial charge in [0.2, 0.25) is 5.91 Å². The number of nitrogens with two attached hydrogens (primary N) is 1. The van der Waals surface area contributed by atoms with Gasteiger partial charge in [0.25, 0.3) is 0 Å². The van der Waals surface area contributed by atoms with Crippen molar-refractivity contribution in [1.29, 1.82) is 0 Å². The van der Waals surface area contributed by atoms with Gasteiger partial charge >= 0.3 is 0 Å². The molecule has 5 nitrogen and oxygen atoms in total. The Morgan fingerprint density at radius 2 is 2.11 bits per heavy atom. The zero-order chi connectivity index (χ0) is 14.0. The summed E-state index contributed by atoms with van der Waals surface area (Å²) in [5.74, 6) is -3.00. The third-order valence-electron chi connectivity index (χ3n) is 3.44. The highest BCUT2D eigenvalue weighted by Crippen LogP contribution is 2.42. The molecule has 102 valence electrons. The van der Waals surface area contributed by atoms with E-state index in [1.807, 2.05) is 0 Å². The van der Waals surface area contributed by atoms with Crippen molar-refractivity contribution >= 4 is 17.4 Å². The molecule has 2 rings (SSSR count). The molecule has 1 saturated carbocycles. The maximum atomic E-state index is 13.5. The van der Waals surface area contributed by atoms with Crippen molar-refractivity contribution < 1.29 is 18.8 Å². The van der Waals surface area contributed by atoms with Gasteiger partial charge < -0.3 is 16.3 Å². The Kier molecular flexibility index (Phi) is 3.37. The van der Waals surface area contributed by atoms with Gasteiger partial charge in [-0.25, -0.2) is 8.78 Å². The molecule has 1 aromatic rings. The van der Waals surface area contributed by atoms with E-state index in [4.69, 9.17) is 10.9 Å². The predicted octanol–water partition coefficient (Wildman–Crippen LogP) is 1.82. The number of rotatable bonds is 3. The van der Waals surface area contributed by atoms with Crippen molar-refractivity contribution in [2.75, 3.05) is 5.32 Å². The van der Waals surface area contributed by atoms with Crippen molar-refractivity contribution in [3.8, 4) is 0 Å². The quantitative estimate of drug-likeness (QED) is 0.338. The minimum Gasteiger partial charge on any atom is -0.409 e. The zero-order valence-electron chi connectivity index (χ0n) is 9.99.